The molecule has 0 atom stereocenters. The summed E-state index contributed by atoms with van der Waals surface area (Å²) < 4.78 is 21.4. The summed E-state index contributed by atoms with van der Waals surface area (Å²) in [5, 5.41) is 14.7. The molecule has 0 aliphatic rings. The van der Waals surface area contributed by atoms with Crippen LogP contribution in [0, 0.1) is 0 Å². The van der Waals surface area contributed by atoms with Gasteiger partial charge >= 0.3 is 7.32 Å². The van der Waals surface area contributed by atoms with E-state index in [-0.39, 0.29) is 0 Å². The zero-order valence-corrected chi connectivity index (χ0v) is 38.9. The van der Waals surface area contributed by atoms with E-state index in [1.807, 2.05) is 0 Å². The highest BCUT2D eigenvalue weighted by Crippen LogP contribution is 2.34. The molecule has 0 aliphatic heterocycles. The average molecular weight is 843 g/mol. The van der Waals surface area contributed by atoms with E-state index in [4.69, 9.17) is 13.0 Å². The van der Waals surface area contributed by atoms with Crippen LogP contribution in [-0.4, -0.2) is 32.3 Å². The normalized spacial score (nSPS) is 13.1. The lowest BCUT2D eigenvalue weighted by molar-refractivity contribution is 0.304. The van der Waals surface area contributed by atoms with E-state index >= 15 is 0 Å². The van der Waals surface area contributed by atoms with Crippen molar-refractivity contribution in [2.45, 2.75) is 39.3 Å². The van der Waals surface area contributed by atoms with Gasteiger partial charge in [-0.05, 0) is 139 Å². The highest BCUT2D eigenvalue weighted by atomic mass is 28.4. The van der Waals surface area contributed by atoms with Crippen LogP contribution in [0.4, 0.5) is 0 Å². The predicted octanol–water partition coefficient (Wildman–Crippen LogP) is 15.3. The molecule has 0 heterocycles. The van der Waals surface area contributed by atoms with E-state index in [9.17, 15) is 0 Å². The molecule has 9 aromatic carbocycles. The first kappa shape index (κ1) is 40.7. The Hall–Kier alpha value is -5.64. The number of rotatable bonds is 12. The van der Waals surface area contributed by atoms with Crippen molar-refractivity contribution in [1.82, 2.24) is 0 Å². The summed E-state index contributed by atoms with van der Waals surface area (Å²) in [5.74, 6) is 0. The summed E-state index contributed by atoms with van der Waals surface area (Å²) in [6.07, 6.45) is 6.82. The Labute approximate surface area is 363 Å². The predicted molar refractivity (Wildman–Crippen MR) is 273 cm³/mol. The second kappa shape index (κ2) is 16.7. The third-order valence-electron chi connectivity index (χ3n) is 11.6. The fourth-order valence-corrected chi connectivity index (χ4v) is 12.5. The van der Waals surface area contributed by atoms with Gasteiger partial charge in [-0.15, -0.1) is 0 Å². The number of benzene rings is 9. The van der Waals surface area contributed by atoms with Gasteiger partial charge in [0.2, 0.25) is 0 Å². The third-order valence-corrected chi connectivity index (χ3v) is 16.9. The second-order valence-corrected chi connectivity index (χ2v) is 29.0. The molecule has 0 fully saturated rings. The highest BCUT2D eigenvalue weighted by Gasteiger charge is 2.40. The fourth-order valence-electron chi connectivity index (χ4n) is 8.47. The molecule has 0 saturated carbocycles. The van der Waals surface area contributed by atoms with Gasteiger partial charge in [-0.3, -0.25) is 0 Å². The molecule has 0 radical (unpaired) electrons. The van der Waals surface area contributed by atoms with Gasteiger partial charge in [0.25, 0.3) is 0 Å². The maximum Gasteiger partial charge on any atom is 0.607 e. The van der Waals surface area contributed by atoms with Gasteiger partial charge in [-0.25, -0.2) is 0 Å². The first-order valence-corrected chi connectivity index (χ1v) is 30.2. The molecular weight excluding hydrogens is 792 g/mol. The topological polar surface area (TPSA) is 27.7 Å². The lowest BCUT2D eigenvalue weighted by Gasteiger charge is -2.33. The standard InChI is InChI=1S/C54H51BO3Si3/c1-59(2,34-31-52-46-25-13-7-19-40(46)37-41-20-8-14-26-47(41)52)56-55(57-60(3,4)35-32-53-48-27-15-9-21-42(48)38-43-22-10-16-28-49(43)53)58-61(5,6)36-33-54-50-29-17-11-23-44(50)39-45-24-12-18-30-51(45)54/h7-39H,1-6H3/b34-31+,35-32+,36-33+. The van der Waals surface area contributed by atoms with Gasteiger partial charge in [0.1, 0.15) is 0 Å². The zero-order chi connectivity index (χ0) is 42.2. The Kier molecular flexibility index (Phi) is 11.1. The fraction of sp³-hybridized carbons (Fsp3) is 0.111. The minimum atomic E-state index is -2.58. The van der Waals surface area contributed by atoms with Crippen LogP contribution in [0.5, 0.6) is 0 Å². The van der Waals surface area contributed by atoms with Crippen molar-refractivity contribution in [3.63, 3.8) is 0 Å². The molecule has 0 aromatic heterocycles. The SMILES string of the molecule is C[Si](C)(/C=C/c1c2ccccc2cc2ccccc12)OB(O[Si](C)(C)/C=C/c1c2ccccc2cc2ccccc12)O[Si](C)(C)/C=C/c1c2ccccc2cc2ccccc12. The van der Waals surface area contributed by atoms with E-state index in [2.05, 4.69) is 238 Å². The van der Waals surface area contributed by atoms with Crippen LogP contribution >= 0.6 is 0 Å². The molecule has 0 spiro atoms. The van der Waals surface area contributed by atoms with Crippen molar-refractivity contribution in [2.24, 2.45) is 0 Å². The molecule has 61 heavy (non-hydrogen) atoms. The quantitative estimate of drug-likeness (QED) is 0.0906. The molecule has 7 heteroatoms. The summed E-state index contributed by atoms with van der Waals surface area (Å²) in [6, 6.07) is 58.6. The van der Waals surface area contributed by atoms with E-state index in [1.165, 1.54) is 81.3 Å². The van der Waals surface area contributed by atoms with Crippen molar-refractivity contribution in [1.29, 1.82) is 0 Å². The number of fused-ring (bicyclic) bond motifs is 6. The maximum absolute atomic E-state index is 7.15. The summed E-state index contributed by atoms with van der Waals surface area (Å²) in [4.78, 5) is 0. The Bertz CT molecular complexity index is 2680. The van der Waals surface area contributed by atoms with Gasteiger partial charge in [0.15, 0.2) is 25.0 Å². The molecule has 0 saturated heterocycles. The smallest absolute Gasteiger partial charge is 0.426 e. The van der Waals surface area contributed by atoms with Crippen molar-refractivity contribution >= 4 is 115 Å². The molecule has 0 aliphatic carbocycles. The third kappa shape index (κ3) is 8.90. The Morgan fingerprint density at radius 3 is 0.721 bits per heavy atom. The van der Waals surface area contributed by atoms with E-state index in [0.717, 1.165) is 0 Å². The van der Waals surface area contributed by atoms with Gasteiger partial charge < -0.3 is 13.0 Å². The molecule has 0 unspecified atom stereocenters. The molecular formula is C54H51BO3Si3. The van der Waals surface area contributed by atoms with Gasteiger partial charge in [-0.1, -0.05) is 181 Å². The monoisotopic (exact) mass is 842 g/mol. The van der Waals surface area contributed by atoms with E-state index < -0.39 is 32.3 Å². The number of hydrogen-bond donors (Lipinski definition) is 0. The lowest BCUT2D eigenvalue weighted by atomic mass is 9.97. The molecule has 3 nitrogen and oxygen atoms in total. The average Bonchev–Trinajstić information content (AvgIpc) is 3.24. The number of hydrogen-bond acceptors (Lipinski definition) is 3. The lowest BCUT2D eigenvalue weighted by Crippen LogP contribution is -2.50. The van der Waals surface area contributed by atoms with Crippen LogP contribution < -0.4 is 0 Å². The summed E-state index contributed by atoms with van der Waals surface area (Å²) >= 11 is 0. The van der Waals surface area contributed by atoms with Crippen LogP contribution in [0.2, 0.25) is 39.3 Å². The van der Waals surface area contributed by atoms with Crippen molar-refractivity contribution in [2.75, 3.05) is 0 Å². The summed E-state index contributed by atoms with van der Waals surface area (Å²) in [6.45, 7) is 13.4. The van der Waals surface area contributed by atoms with Crippen LogP contribution in [-0.2, 0) is 13.0 Å². The first-order chi connectivity index (χ1) is 29.4. The van der Waals surface area contributed by atoms with Crippen molar-refractivity contribution < 1.29 is 13.0 Å². The second-order valence-electron chi connectivity index (χ2n) is 17.7. The Balaban J connectivity index is 1.07. The van der Waals surface area contributed by atoms with Crippen LogP contribution in [0.15, 0.2) is 181 Å². The molecule has 0 amide bonds. The van der Waals surface area contributed by atoms with Crippen LogP contribution in [0.1, 0.15) is 16.7 Å². The van der Waals surface area contributed by atoms with Crippen LogP contribution in [0.3, 0.4) is 0 Å². The van der Waals surface area contributed by atoms with Crippen LogP contribution in [0.25, 0.3) is 82.9 Å². The van der Waals surface area contributed by atoms with Gasteiger partial charge in [0, 0.05) is 0 Å². The van der Waals surface area contributed by atoms with Gasteiger partial charge in [0.05, 0.1) is 0 Å². The van der Waals surface area contributed by atoms with E-state index in [1.54, 1.807) is 0 Å². The largest absolute Gasteiger partial charge is 0.607 e. The first-order valence-electron chi connectivity index (χ1n) is 21.2. The molecule has 9 rings (SSSR count). The van der Waals surface area contributed by atoms with Gasteiger partial charge in [-0.2, -0.15) is 0 Å². The van der Waals surface area contributed by atoms with E-state index in [0.29, 0.717) is 0 Å². The molecule has 300 valence electrons. The summed E-state index contributed by atoms with van der Waals surface area (Å²) in [7, 11) is -8.59. The Morgan fingerprint density at radius 2 is 0.508 bits per heavy atom. The van der Waals surface area contributed by atoms with Crippen molar-refractivity contribution in [3.8, 4) is 0 Å². The Morgan fingerprint density at radius 1 is 0.311 bits per heavy atom. The zero-order valence-electron chi connectivity index (χ0n) is 35.9. The minimum Gasteiger partial charge on any atom is -0.426 e. The minimum absolute atomic E-state index is 0.860. The summed E-state index contributed by atoms with van der Waals surface area (Å²) in [5.41, 5.74) is 10.5. The maximum atomic E-state index is 7.15. The molecule has 0 bridgehead atoms. The molecule has 0 N–H and O–H groups in total. The van der Waals surface area contributed by atoms with Crippen molar-refractivity contribution in [3.05, 3.63) is 198 Å². The molecule has 9 aromatic rings. The highest BCUT2D eigenvalue weighted by molar-refractivity contribution is 6.88.